The van der Waals surface area contributed by atoms with E-state index < -0.39 is 17.9 Å². The van der Waals surface area contributed by atoms with Gasteiger partial charge in [0.25, 0.3) is 5.91 Å². The molecular formula is C13H17N3O4S. The van der Waals surface area contributed by atoms with E-state index in [1.54, 1.807) is 30.3 Å². The lowest BCUT2D eigenvalue weighted by Crippen LogP contribution is -2.43. The van der Waals surface area contributed by atoms with E-state index in [0.29, 0.717) is 5.56 Å². The van der Waals surface area contributed by atoms with Crippen LogP contribution >= 0.6 is 11.8 Å². The number of amides is 2. The van der Waals surface area contributed by atoms with Gasteiger partial charge in [-0.25, -0.2) is 0 Å². The summed E-state index contributed by atoms with van der Waals surface area (Å²) in [6.45, 7) is 0. The maximum Gasteiger partial charge on any atom is 0.323 e. The summed E-state index contributed by atoms with van der Waals surface area (Å²) in [7, 11) is 1.25. The normalized spacial score (nSPS) is 11.3. The number of nitrogens with one attached hydrogen (secondary N) is 2. The minimum Gasteiger partial charge on any atom is -0.468 e. The van der Waals surface area contributed by atoms with E-state index in [0.717, 1.165) is 0 Å². The summed E-state index contributed by atoms with van der Waals surface area (Å²) < 4.78 is 4.46. The first-order valence-corrected chi connectivity index (χ1v) is 7.25. The van der Waals surface area contributed by atoms with E-state index in [4.69, 9.17) is 5.73 Å². The number of ether oxygens (including phenoxy) is 1. The zero-order valence-corrected chi connectivity index (χ0v) is 12.3. The predicted octanol–water partition coefficient (Wildman–Crippen LogP) is -0.319. The molecule has 0 aromatic heterocycles. The van der Waals surface area contributed by atoms with E-state index in [1.807, 2.05) is 0 Å². The highest BCUT2D eigenvalue weighted by atomic mass is 32.2. The Morgan fingerprint density at radius 2 is 1.90 bits per heavy atom. The van der Waals surface area contributed by atoms with Crippen LogP contribution in [-0.4, -0.2) is 42.4 Å². The zero-order valence-electron chi connectivity index (χ0n) is 11.5. The topological polar surface area (TPSA) is 111 Å². The van der Waals surface area contributed by atoms with Crippen LogP contribution in [0.4, 0.5) is 0 Å². The molecule has 1 rings (SSSR count). The van der Waals surface area contributed by atoms with E-state index in [1.165, 1.54) is 18.9 Å². The van der Waals surface area contributed by atoms with Crippen LogP contribution in [0.5, 0.6) is 0 Å². The van der Waals surface area contributed by atoms with Crippen molar-refractivity contribution in [3.63, 3.8) is 0 Å². The maximum atomic E-state index is 11.6. The number of benzene rings is 1. The molecule has 0 aliphatic rings. The van der Waals surface area contributed by atoms with Gasteiger partial charge in [-0.2, -0.15) is 0 Å². The highest BCUT2D eigenvalue weighted by Crippen LogP contribution is 2.02. The van der Waals surface area contributed by atoms with Crippen molar-refractivity contribution >= 4 is 29.5 Å². The molecule has 0 aliphatic heterocycles. The van der Waals surface area contributed by atoms with Gasteiger partial charge in [0, 0.05) is 11.3 Å². The summed E-state index contributed by atoms with van der Waals surface area (Å²) in [5, 5.41) is 0. The molecule has 1 aromatic carbocycles. The van der Waals surface area contributed by atoms with Gasteiger partial charge in [0.1, 0.15) is 6.04 Å². The van der Waals surface area contributed by atoms with Gasteiger partial charge in [0.15, 0.2) is 0 Å². The molecule has 8 heteroatoms. The first-order chi connectivity index (χ1) is 10.0. The van der Waals surface area contributed by atoms with Gasteiger partial charge in [-0.1, -0.05) is 18.2 Å². The Morgan fingerprint density at radius 3 is 2.52 bits per heavy atom. The molecule has 1 atom stereocenters. The third kappa shape index (κ3) is 6.28. The zero-order chi connectivity index (χ0) is 15.7. The van der Waals surface area contributed by atoms with Crippen molar-refractivity contribution in [1.29, 1.82) is 0 Å². The van der Waals surface area contributed by atoms with Crippen LogP contribution in [0.2, 0.25) is 0 Å². The second-order valence-corrected chi connectivity index (χ2v) is 5.04. The number of hydrazine groups is 1. The molecule has 0 heterocycles. The SMILES string of the molecule is COC(=O)C(N)CSCC(=O)NNC(=O)c1ccccc1. The minimum absolute atomic E-state index is 0.0692. The first-order valence-electron chi connectivity index (χ1n) is 6.10. The monoisotopic (exact) mass is 311 g/mol. The Bertz CT molecular complexity index is 495. The van der Waals surface area contributed by atoms with Gasteiger partial charge < -0.3 is 10.5 Å². The number of carbonyl (C=O) groups excluding carboxylic acids is 3. The number of thioether (sulfide) groups is 1. The van der Waals surface area contributed by atoms with E-state index in [2.05, 4.69) is 15.6 Å². The van der Waals surface area contributed by atoms with Gasteiger partial charge in [0.2, 0.25) is 5.91 Å². The fraction of sp³-hybridized carbons (Fsp3) is 0.308. The lowest BCUT2D eigenvalue weighted by atomic mass is 10.2. The number of hydrogen-bond acceptors (Lipinski definition) is 6. The summed E-state index contributed by atoms with van der Waals surface area (Å²) in [6, 6.07) is 7.72. The molecule has 0 saturated heterocycles. The van der Waals surface area contributed by atoms with E-state index in [-0.39, 0.29) is 17.4 Å². The first kappa shape index (κ1) is 17.0. The summed E-state index contributed by atoms with van der Waals surface area (Å²) in [6.07, 6.45) is 0. The number of esters is 1. The lowest BCUT2D eigenvalue weighted by molar-refractivity contribution is -0.141. The molecule has 21 heavy (non-hydrogen) atoms. The molecular weight excluding hydrogens is 294 g/mol. The molecule has 0 fully saturated rings. The van der Waals surface area contributed by atoms with Crippen molar-refractivity contribution in [3.05, 3.63) is 35.9 Å². The van der Waals surface area contributed by atoms with Crippen LogP contribution in [0.3, 0.4) is 0 Å². The van der Waals surface area contributed by atoms with Gasteiger partial charge in [-0.15, -0.1) is 11.8 Å². The highest BCUT2D eigenvalue weighted by molar-refractivity contribution is 8.00. The Kier molecular flexibility index (Phi) is 7.27. The molecule has 0 spiro atoms. The Balaban J connectivity index is 2.23. The van der Waals surface area contributed by atoms with Crippen molar-refractivity contribution < 1.29 is 19.1 Å². The average Bonchev–Trinajstić information content (AvgIpc) is 2.52. The van der Waals surface area contributed by atoms with Crippen LogP contribution in [0.25, 0.3) is 0 Å². The molecule has 0 radical (unpaired) electrons. The average molecular weight is 311 g/mol. The fourth-order valence-electron chi connectivity index (χ4n) is 1.32. The van der Waals surface area contributed by atoms with Crippen LogP contribution in [-0.2, 0) is 14.3 Å². The summed E-state index contributed by atoms with van der Waals surface area (Å²) in [4.78, 5) is 34.2. The number of carbonyl (C=O) groups is 3. The minimum atomic E-state index is -0.772. The van der Waals surface area contributed by atoms with E-state index in [9.17, 15) is 14.4 Å². The predicted molar refractivity (Wildman–Crippen MR) is 79.4 cm³/mol. The van der Waals surface area contributed by atoms with Crippen molar-refractivity contribution in [2.24, 2.45) is 5.73 Å². The van der Waals surface area contributed by atoms with E-state index >= 15 is 0 Å². The van der Waals surface area contributed by atoms with Gasteiger partial charge >= 0.3 is 5.97 Å². The van der Waals surface area contributed by atoms with Crippen molar-refractivity contribution in [3.8, 4) is 0 Å². The molecule has 4 N–H and O–H groups in total. The second-order valence-electron chi connectivity index (χ2n) is 4.01. The molecule has 2 amide bonds. The smallest absolute Gasteiger partial charge is 0.323 e. The molecule has 0 bridgehead atoms. The molecule has 114 valence electrons. The number of nitrogens with two attached hydrogens (primary N) is 1. The van der Waals surface area contributed by atoms with Crippen LogP contribution < -0.4 is 16.6 Å². The molecule has 1 unspecified atom stereocenters. The van der Waals surface area contributed by atoms with Crippen LogP contribution in [0.1, 0.15) is 10.4 Å². The van der Waals surface area contributed by atoms with Gasteiger partial charge in [-0.3, -0.25) is 25.2 Å². The highest BCUT2D eigenvalue weighted by Gasteiger charge is 2.14. The largest absolute Gasteiger partial charge is 0.468 e. The third-order valence-corrected chi connectivity index (χ3v) is 3.45. The van der Waals surface area contributed by atoms with Gasteiger partial charge in [-0.05, 0) is 12.1 Å². The van der Waals surface area contributed by atoms with Crippen molar-refractivity contribution in [1.82, 2.24) is 10.9 Å². The summed E-state index contributed by atoms with van der Waals surface area (Å²) in [5.74, 6) is -0.992. The maximum absolute atomic E-state index is 11.6. The standard InChI is InChI=1S/C13H17N3O4S/c1-20-13(19)10(14)7-21-8-11(17)15-16-12(18)9-5-3-2-4-6-9/h2-6,10H,7-8,14H2,1H3,(H,15,17)(H,16,18). The molecule has 1 aromatic rings. The lowest BCUT2D eigenvalue weighted by Gasteiger charge is -2.09. The molecule has 7 nitrogen and oxygen atoms in total. The fourth-order valence-corrected chi connectivity index (χ4v) is 2.09. The Labute approximate surface area is 126 Å². The Hall–Kier alpha value is -2.06. The molecule has 0 aliphatic carbocycles. The molecule has 0 saturated carbocycles. The quantitative estimate of drug-likeness (QED) is 0.490. The second kappa shape index (κ2) is 8.98. The third-order valence-electron chi connectivity index (χ3n) is 2.39. The van der Waals surface area contributed by atoms with Gasteiger partial charge in [0.05, 0.1) is 12.9 Å². The van der Waals surface area contributed by atoms with Crippen LogP contribution in [0, 0.1) is 0 Å². The van der Waals surface area contributed by atoms with Crippen molar-refractivity contribution in [2.45, 2.75) is 6.04 Å². The van der Waals surface area contributed by atoms with Crippen molar-refractivity contribution in [2.75, 3.05) is 18.6 Å². The number of methoxy groups -OCH3 is 1. The number of hydrogen-bond donors (Lipinski definition) is 3. The summed E-state index contributed by atoms with van der Waals surface area (Å²) in [5.41, 5.74) is 10.5. The summed E-state index contributed by atoms with van der Waals surface area (Å²) >= 11 is 1.17. The number of rotatable bonds is 6. The van der Waals surface area contributed by atoms with Crippen LogP contribution in [0.15, 0.2) is 30.3 Å². The Morgan fingerprint density at radius 1 is 1.24 bits per heavy atom.